The third-order valence-electron chi connectivity index (χ3n) is 2.47. The molecule has 7 heteroatoms. The van der Waals surface area contributed by atoms with Crippen LogP contribution in [0.4, 0.5) is 0 Å². The van der Waals surface area contributed by atoms with Gasteiger partial charge >= 0.3 is 5.97 Å². The second-order valence-electron chi connectivity index (χ2n) is 4.05. The molecule has 0 aromatic heterocycles. The number of hydrogen-bond acceptors (Lipinski definition) is 5. The lowest BCUT2D eigenvalue weighted by Crippen LogP contribution is -2.31. The molecule has 0 unspecified atom stereocenters. The first-order chi connectivity index (χ1) is 10.0. The molecule has 21 heavy (non-hydrogen) atoms. The highest BCUT2D eigenvalue weighted by Gasteiger charge is 2.10. The predicted octanol–water partition coefficient (Wildman–Crippen LogP) is 0.234. The van der Waals surface area contributed by atoms with Crippen molar-refractivity contribution < 1.29 is 23.9 Å². The average molecular weight is 294 g/mol. The lowest BCUT2D eigenvalue weighted by atomic mass is 10.2. The molecule has 0 saturated carbocycles. The van der Waals surface area contributed by atoms with Crippen LogP contribution >= 0.6 is 0 Å². The van der Waals surface area contributed by atoms with Crippen molar-refractivity contribution in [2.45, 2.75) is 13.3 Å². The average Bonchev–Trinajstić information content (AvgIpc) is 2.45. The van der Waals surface area contributed by atoms with Gasteiger partial charge in [-0.2, -0.15) is 0 Å². The number of carbonyl (C=O) groups is 3. The molecule has 0 bridgehead atoms. The number of benzene rings is 1. The Morgan fingerprint density at radius 2 is 1.95 bits per heavy atom. The highest BCUT2D eigenvalue weighted by molar-refractivity contribution is 5.95. The topological polar surface area (TPSA) is 108 Å². The van der Waals surface area contributed by atoms with Crippen LogP contribution < -0.4 is 15.8 Å². The third-order valence-corrected chi connectivity index (χ3v) is 2.47. The quantitative estimate of drug-likeness (QED) is 0.667. The molecular weight excluding hydrogens is 276 g/mol. The van der Waals surface area contributed by atoms with Gasteiger partial charge in [0.05, 0.1) is 18.6 Å². The fourth-order valence-electron chi connectivity index (χ4n) is 1.53. The van der Waals surface area contributed by atoms with Gasteiger partial charge in [0.1, 0.15) is 5.75 Å². The SMILES string of the molecule is CCOC(=O)CCNC(=O)COc1ccccc1C(N)=O. The van der Waals surface area contributed by atoms with Crippen molar-refractivity contribution in [2.24, 2.45) is 5.73 Å². The largest absolute Gasteiger partial charge is 0.483 e. The zero-order chi connectivity index (χ0) is 15.7. The number of nitrogens with one attached hydrogen (secondary N) is 1. The van der Waals surface area contributed by atoms with E-state index in [-0.39, 0.29) is 36.9 Å². The molecular formula is C14H18N2O5. The Kier molecular flexibility index (Phi) is 6.73. The Hall–Kier alpha value is -2.57. The maximum absolute atomic E-state index is 11.5. The first-order valence-corrected chi connectivity index (χ1v) is 6.48. The van der Waals surface area contributed by atoms with Gasteiger partial charge in [0.2, 0.25) is 0 Å². The number of amides is 2. The molecule has 0 saturated heterocycles. The standard InChI is InChI=1S/C14H18N2O5/c1-2-20-13(18)7-8-16-12(17)9-21-11-6-4-3-5-10(11)14(15)19/h3-6H,2,7-9H2,1H3,(H2,15,19)(H,16,17). The summed E-state index contributed by atoms with van der Waals surface area (Å²) in [7, 11) is 0. The van der Waals surface area contributed by atoms with E-state index in [9.17, 15) is 14.4 Å². The van der Waals surface area contributed by atoms with Crippen LogP contribution in [0.5, 0.6) is 5.75 Å². The number of nitrogens with two attached hydrogens (primary N) is 1. The summed E-state index contributed by atoms with van der Waals surface area (Å²) in [6, 6.07) is 6.37. The molecule has 1 rings (SSSR count). The van der Waals surface area contributed by atoms with E-state index in [0.717, 1.165) is 0 Å². The van der Waals surface area contributed by atoms with Crippen LogP contribution in [-0.4, -0.2) is 37.5 Å². The summed E-state index contributed by atoms with van der Waals surface area (Å²) in [6.07, 6.45) is 0.0947. The summed E-state index contributed by atoms with van der Waals surface area (Å²) in [5, 5.41) is 2.51. The summed E-state index contributed by atoms with van der Waals surface area (Å²) in [5.41, 5.74) is 5.40. The number of para-hydroxylation sites is 1. The van der Waals surface area contributed by atoms with Crippen molar-refractivity contribution >= 4 is 17.8 Å². The summed E-state index contributed by atoms with van der Waals surface area (Å²) in [4.78, 5) is 33.8. The molecule has 0 atom stereocenters. The van der Waals surface area contributed by atoms with E-state index in [4.69, 9.17) is 15.2 Å². The van der Waals surface area contributed by atoms with Crippen LogP contribution in [0, 0.1) is 0 Å². The van der Waals surface area contributed by atoms with Gasteiger partial charge in [-0.25, -0.2) is 0 Å². The van der Waals surface area contributed by atoms with Crippen molar-refractivity contribution in [3.05, 3.63) is 29.8 Å². The number of ether oxygens (including phenoxy) is 2. The van der Waals surface area contributed by atoms with Gasteiger partial charge in [0.15, 0.2) is 6.61 Å². The molecule has 0 radical (unpaired) electrons. The maximum Gasteiger partial charge on any atom is 0.307 e. The summed E-state index contributed by atoms with van der Waals surface area (Å²) in [5.74, 6) is -1.17. The van der Waals surface area contributed by atoms with Crippen molar-refractivity contribution in [2.75, 3.05) is 19.8 Å². The Balaban J connectivity index is 2.37. The van der Waals surface area contributed by atoms with Crippen molar-refractivity contribution in [1.29, 1.82) is 0 Å². The Morgan fingerprint density at radius 1 is 1.24 bits per heavy atom. The van der Waals surface area contributed by atoms with Gasteiger partial charge in [-0.3, -0.25) is 14.4 Å². The fourth-order valence-corrected chi connectivity index (χ4v) is 1.53. The van der Waals surface area contributed by atoms with Crippen molar-refractivity contribution in [1.82, 2.24) is 5.32 Å². The van der Waals surface area contributed by atoms with E-state index >= 15 is 0 Å². The van der Waals surface area contributed by atoms with E-state index in [0.29, 0.717) is 6.61 Å². The predicted molar refractivity (Wildman–Crippen MR) is 74.7 cm³/mol. The van der Waals surface area contributed by atoms with E-state index in [1.165, 1.54) is 6.07 Å². The van der Waals surface area contributed by atoms with E-state index in [1.54, 1.807) is 25.1 Å². The monoisotopic (exact) mass is 294 g/mol. The lowest BCUT2D eigenvalue weighted by molar-refractivity contribution is -0.143. The molecule has 0 spiro atoms. The minimum atomic E-state index is -0.631. The van der Waals surface area contributed by atoms with Gasteiger partial charge < -0.3 is 20.5 Å². The summed E-state index contributed by atoms with van der Waals surface area (Å²) >= 11 is 0. The molecule has 0 aliphatic carbocycles. The Bertz CT molecular complexity index is 516. The Labute approximate surface area is 122 Å². The second kappa shape index (κ2) is 8.57. The normalized spacial score (nSPS) is 9.76. The molecule has 0 aliphatic rings. The van der Waals surface area contributed by atoms with Crippen LogP contribution in [0.25, 0.3) is 0 Å². The van der Waals surface area contributed by atoms with Crippen molar-refractivity contribution in [3.63, 3.8) is 0 Å². The maximum atomic E-state index is 11.5. The first-order valence-electron chi connectivity index (χ1n) is 6.48. The summed E-state index contributed by atoms with van der Waals surface area (Å²) in [6.45, 7) is 1.91. The lowest BCUT2D eigenvalue weighted by Gasteiger charge is -2.09. The van der Waals surface area contributed by atoms with Gasteiger partial charge in [-0.1, -0.05) is 12.1 Å². The van der Waals surface area contributed by atoms with Crippen LogP contribution in [0.3, 0.4) is 0 Å². The highest BCUT2D eigenvalue weighted by atomic mass is 16.5. The third kappa shape index (κ3) is 5.94. The molecule has 0 aliphatic heterocycles. The minimum absolute atomic E-state index is 0.0947. The van der Waals surface area contributed by atoms with Crippen LogP contribution in [0.1, 0.15) is 23.7 Å². The van der Waals surface area contributed by atoms with Crippen LogP contribution in [0.15, 0.2) is 24.3 Å². The number of primary amides is 1. The zero-order valence-electron chi connectivity index (χ0n) is 11.8. The van der Waals surface area contributed by atoms with Crippen LogP contribution in [-0.2, 0) is 14.3 Å². The van der Waals surface area contributed by atoms with Gasteiger partial charge in [0, 0.05) is 6.54 Å². The van der Waals surface area contributed by atoms with Gasteiger partial charge in [-0.15, -0.1) is 0 Å². The van der Waals surface area contributed by atoms with Crippen LogP contribution in [0.2, 0.25) is 0 Å². The molecule has 2 amide bonds. The molecule has 0 heterocycles. The molecule has 3 N–H and O–H groups in total. The smallest absolute Gasteiger partial charge is 0.307 e. The molecule has 1 aromatic carbocycles. The molecule has 0 fully saturated rings. The number of rotatable bonds is 8. The van der Waals surface area contributed by atoms with E-state index in [2.05, 4.69) is 5.32 Å². The molecule has 1 aromatic rings. The second-order valence-corrected chi connectivity index (χ2v) is 4.05. The zero-order valence-corrected chi connectivity index (χ0v) is 11.8. The highest BCUT2D eigenvalue weighted by Crippen LogP contribution is 2.16. The number of carbonyl (C=O) groups excluding carboxylic acids is 3. The molecule has 114 valence electrons. The van der Waals surface area contributed by atoms with Gasteiger partial charge in [0.25, 0.3) is 11.8 Å². The fraction of sp³-hybridized carbons (Fsp3) is 0.357. The summed E-state index contributed by atoms with van der Waals surface area (Å²) < 4.78 is 9.96. The van der Waals surface area contributed by atoms with E-state index < -0.39 is 11.8 Å². The Morgan fingerprint density at radius 3 is 2.62 bits per heavy atom. The van der Waals surface area contributed by atoms with Crippen molar-refractivity contribution in [3.8, 4) is 5.75 Å². The first kappa shape index (κ1) is 16.5. The number of hydrogen-bond donors (Lipinski definition) is 2. The van der Waals surface area contributed by atoms with Gasteiger partial charge in [-0.05, 0) is 19.1 Å². The minimum Gasteiger partial charge on any atom is -0.483 e. The number of esters is 1. The molecule has 7 nitrogen and oxygen atoms in total. The van der Waals surface area contributed by atoms with E-state index in [1.807, 2.05) is 0 Å².